The van der Waals surface area contributed by atoms with E-state index in [-0.39, 0.29) is 6.03 Å². The summed E-state index contributed by atoms with van der Waals surface area (Å²) in [7, 11) is 1.83. The second-order valence-corrected chi connectivity index (χ2v) is 6.49. The van der Waals surface area contributed by atoms with Gasteiger partial charge in [0, 0.05) is 30.6 Å². The van der Waals surface area contributed by atoms with Gasteiger partial charge in [0.2, 0.25) is 0 Å². The standard InChI is InChI=1S/C13H22N4OS/c1-3-19-11-6-4-5-10(9-11)14-13(18)15-12-7-8-17(2)16-12/h7-8,10-11H,3-6,9H2,1-2H3,(H2,14,15,16,18)/t10-,11-/m1/s1. The maximum Gasteiger partial charge on any atom is 0.320 e. The minimum absolute atomic E-state index is 0.147. The van der Waals surface area contributed by atoms with Crippen molar-refractivity contribution in [1.29, 1.82) is 0 Å². The Kier molecular flexibility index (Phi) is 5.13. The molecule has 1 aliphatic rings. The maximum atomic E-state index is 11.9. The summed E-state index contributed by atoms with van der Waals surface area (Å²) >= 11 is 2.00. The Morgan fingerprint density at radius 2 is 2.42 bits per heavy atom. The Morgan fingerprint density at radius 3 is 3.11 bits per heavy atom. The first-order valence-electron chi connectivity index (χ1n) is 6.86. The summed E-state index contributed by atoms with van der Waals surface area (Å²) in [5.41, 5.74) is 0. The molecule has 1 heterocycles. The van der Waals surface area contributed by atoms with E-state index in [1.165, 1.54) is 12.8 Å². The number of hydrogen-bond donors (Lipinski definition) is 2. The van der Waals surface area contributed by atoms with Gasteiger partial charge in [0.05, 0.1) is 0 Å². The van der Waals surface area contributed by atoms with Gasteiger partial charge in [-0.05, 0) is 25.0 Å². The molecule has 0 saturated heterocycles. The summed E-state index contributed by atoms with van der Waals surface area (Å²) < 4.78 is 1.67. The van der Waals surface area contributed by atoms with Crippen molar-refractivity contribution in [3.63, 3.8) is 0 Å². The smallest absolute Gasteiger partial charge is 0.320 e. The number of amides is 2. The van der Waals surface area contributed by atoms with Crippen LogP contribution in [-0.2, 0) is 7.05 Å². The molecule has 1 aliphatic carbocycles. The minimum atomic E-state index is -0.147. The van der Waals surface area contributed by atoms with Gasteiger partial charge in [-0.1, -0.05) is 13.3 Å². The van der Waals surface area contributed by atoms with Gasteiger partial charge >= 0.3 is 6.03 Å². The number of carbonyl (C=O) groups is 1. The molecule has 106 valence electrons. The van der Waals surface area contributed by atoms with Gasteiger partial charge < -0.3 is 5.32 Å². The summed E-state index contributed by atoms with van der Waals surface area (Å²) in [5, 5.41) is 10.6. The van der Waals surface area contributed by atoms with E-state index in [9.17, 15) is 4.79 Å². The molecule has 6 heteroatoms. The Balaban J connectivity index is 1.78. The number of nitrogens with one attached hydrogen (secondary N) is 2. The van der Waals surface area contributed by atoms with Gasteiger partial charge in [-0.2, -0.15) is 16.9 Å². The molecule has 0 spiro atoms. The number of nitrogens with zero attached hydrogens (tertiary/aromatic N) is 2. The molecule has 1 aromatic rings. The van der Waals surface area contributed by atoms with Crippen molar-refractivity contribution < 1.29 is 4.79 Å². The van der Waals surface area contributed by atoms with E-state index < -0.39 is 0 Å². The van der Waals surface area contributed by atoms with Crippen molar-refractivity contribution >= 4 is 23.6 Å². The normalized spacial score (nSPS) is 23.1. The first-order chi connectivity index (χ1) is 9.17. The van der Waals surface area contributed by atoms with Gasteiger partial charge in [-0.25, -0.2) is 4.79 Å². The zero-order valence-electron chi connectivity index (χ0n) is 11.6. The lowest BCUT2D eigenvalue weighted by Gasteiger charge is -2.29. The van der Waals surface area contributed by atoms with Crippen molar-refractivity contribution in [2.24, 2.45) is 7.05 Å². The number of aromatic nitrogens is 2. The first kappa shape index (κ1) is 14.2. The van der Waals surface area contributed by atoms with Crippen LogP contribution in [0.25, 0.3) is 0 Å². The predicted molar refractivity (Wildman–Crippen MR) is 79.5 cm³/mol. The molecule has 2 atom stereocenters. The molecule has 2 amide bonds. The van der Waals surface area contributed by atoms with Crippen LogP contribution in [-0.4, -0.2) is 32.9 Å². The second kappa shape index (κ2) is 6.84. The summed E-state index contributed by atoms with van der Waals surface area (Å²) in [6.45, 7) is 2.19. The Labute approximate surface area is 118 Å². The van der Waals surface area contributed by atoms with E-state index in [1.54, 1.807) is 10.7 Å². The molecule has 1 fully saturated rings. The number of carbonyl (C=O) groups excluding carboxylic acids is 1. The summed E-state index contributed by atoms with van der Waals surface area (Å²) in [4.78, 5) is 11.9. The maximum absolute atomic E-state index is 11.9. The second-order valence-electron chi connectivity index (χ2n) is 4.91. The van der Waals surface area contributed by atoms with Gasteiger partial charge in [0.1, 0.15) is 0 Å². The number of hydrogen-bond acceptors (Lipinski definition) is 3. The lowest BCUT2D eigenvalue weighted by Crippen LogP contribution is -2.41. The van der Waals surface area contributed by atoms with Crippen LogP contribution < -0.4 is 10.6 Å². The van der Waals surface area contributed by atoms with Gasteiger partial charge in [-0.3, -0.25) is 10.00 Å². The molecule has 1 saturated carbocycles. The Hall–Kier alpha value is -1.17. The van der Waals surface area contributed by atoms with Crippen LogP contribution in [0, 0.1) is 0 Å². The predicted octanol–water partition coefficient (Wildman–Crippen LogP) is 2.61. The molecule has 5 nitrogen and oxygen atoms in total. The molecule has 0 radical (unpaired) electrons. The highest BCUT2D eigenvalue weighted by molar-refractivity contribution is 7.99. The fourth-order valence-corrected chi connectivity index (χ4v) is 3.66. The molecule has 1 aromatic heterocycles. The van der Waals surface area contributed by atoms with Crippen molar-refractivity contribution in [3.05, 3.63) is 12.3 Å². The number of urea groups is 1. The van der Waals surface area contributed by atoms with Crippen molar-refractivity contribution in [1.82, 2.24) is 15.1 Å². The van der Waals surface area contributed by atoms with Gasteiger partial charge in [-0.15, -0.1) is 0 Å². The van der Waals surface area contributed by atoms with Crippen LogP contribution in [0.4, 0.5) is 10.6 Å². The molecular formula is C13H22N4OS. The largest absolute Gasteiger partial charge is 0.335 e. The minimum Gasteiger partial charge on any atom is -0.335 e. The van der Waals surface area contributed by atoms with Crippen molar-refractivity contribution in [2.45, 2.75) is 43.9 Å². The van der Waals surface area contributed by atoms with Crippen LogP contribution in [0.5, 0.6) is 0 Å². The highest BCUT2D eigenvalue weighted by Gasteiger charge is 2.23. The van der Waals surface area contributed by atoms with Crippen molar-refractivity contribution in [3.8, 4) is 0 Å². The van der Waals surface area contributed by atoms with Crippen LogP contribution >= 0.6 is 11.8 Å². The first-order valence-corrected chi connectivity index (χ1v) is 7.91. The van der Waals surface area contributed by atoms with Crippen LogP contribution in [0.1, 0.15) is 32.6 Å². The van der Waals surface area contributed by atoms with Crippen LogP contribution in [0.15, 0.2) is 12.3 Å². The monoisotopic (exact) mass is 282 g/mol. The SMILES string of the molecule is CCS[C@@H]1CCC[C@@H](NC(=O)Nc2ccn(C)n2)C1. The van der Waals surface area contributed by atoms with E-state index in [4.69, 9.17) is 0 Å². The summed E-state index contributed by atoms with van der Waals surface area (Å²) in [6.07, 6.45) is 6.44. The van der Waals surface area contributed by atoms with E-state index in [2.05, 4.69) is 22.7 Å². The number of thioether (sulfide) groups is 1. The molecule has 19 heavy (non-hydrogen) atoms. The van der Waals surface area contributed by atoms with Gasteiger partial charge in [0.25, 0.3) is 0 Å². The topological polar surface area (TPSA) is 59.0 Å². The molecule has 0 aliphatic heterocycles. The fourth-order valence-electron chi connectivity index (χ4n) is 2.48. The Morgan fingerprint density at radius 1 is 1.58 bits per heavy atom. The quantitative estimate of drug-likeness (QED) is 0.892. The highest BCUT2D eigenvalue weighted by atomic mass is 32.2. The third kappa shape index (κ3) is 4.45. The number of anilines is 1. The summed E-state index contributed by atoms with van der Waals surface area (Å²) in [6, 6.07) is 1.93. The third-order valence-electron chi connectivity index (χ3n) is 3.32. The Bertz CT molecular complexity index is 419. The van der Waals surface area contributed by atoms with Crippen LogP contribution in [0.3, 0.4) is 0 Å². The molecule has 0 bridgehead atoms. The van der Waals surface area contributed by atoms with E-state index in [0.29, 0.717) is 17.1 Å². The average Bonchev–Trinajstić information content (AvgIpc) is 2.75. The molecule has 0 aromatic carbocycles. The fraction of sp³-hybridized carbons (Fsp3) is 0.692. The molecule has 0 unspecified atom stereocenters. The summed E-state index contributed by atoms with van der Waals surface area (Å²) in [5.74, 6) is 1.74. The zero-order valence-corrected chi connectivity index (χ0v) is 12.4. The zero-order chi connectivity index (χ0) is 13.7. The lowest BCUT2D eigenvalue weighted by molar-refractivity contribution is 0.244. The van der Waals surface area contributed by atoms with Crippen molar-refractivity contribution in [2.75, 3.05) is 11.1 Å². The lowest BCUT2D eigenvalue weighted by atomic mass is 9.95. The van der Waals surface area contributed by atoms with E-state index >= 15 is 0 Å². The van der Waals surface area contributed by atoms with Gasteiger partial charge in [0.15, 0.2) is 5.82 Å². The average molecular weight is 282 g/mol. The highest BCUT2D eigenvalue weighted by Crippen LogP contribution is 2.28. The van der Waals surface area contributed by atoms with E-state index in [0.717, 1.165) is 18.6 Å². The number of rotatable bonds is 4. The van der Waals surface area contributed by atoms with E-state index in [1.807, 2.05) is 25.0 Å². The molecule has 2 N–H and O–H groups in total. The molecular weight excluding hydrogens is 260 g/mol. The molecule has 2 rings (SSSR count). The third-order valence-corrected chi connectivity index (χ3v) is 4.55. The van der Waals surface area contributed by atoms with Crippen LogP contribution in [0.2, 0.25) is 0 Å². The number of aryl methyl sites for hydroxylation is 1.